The highest BCUT2D eigenvalue weighted by atomic mass is 16.2. The number of benzene rings is 1. The lowest BCUT2D eigenvalue weighted by Crippen LogP contribution is -2.40. The van der Waals surface area contributed by atoms with E-state index in [1.807, 2.05) is 38.1 Å². The van der Waals surface area contributed by atoms with Crippen LogP contribution in [0.3, 0.4) is 0 Å². The van der Waals surface area contributed by atoms with Crippen molar-refractivity contribution in [3.8, 4) is 0 Å². The molecule has 3 nitrogen and oxygen atoms in total. The van der Waals surface area contributed by atoms with Crippen LogP contribution in [0.15, 0.2) is 24.3 Å². The summed E-state index contributed by atoms with van der Waals surface area (Å²) >= 11 is 0. The Bertz CT molecular complexity index is 363. The minimum atomic E-state index is -0.381. The molecule has 1 aromatic carbocycles. The molecular weight excluding hydrogens is 200 g/mol. The molecule has 88 valence electrons. The molecule has 1 rings (SSSR count). The second kappa shape index (κ2) is 5.66. The van der Waals surface area contributed by atoms with Crippen LogP contribution >= 0.6 is 0 Å². The summed E-state index contributed by atoms with van der Waals surface area (Å²) in [4.78, 5) is 13.5. The van der Waals surface area contributed by atoms with Crippen LogP contribution in [0.4, 0.5) is 0 Å². The number of rotatable bonds is 4. The van der Waals surface area contributed by atoms with Gasteiger partial charge < -0.3 is 10.6 Å². The first-order chi connectivity index (χ1) is 7.56. The van der Waals surface area contributed by atoms with Gasteiger partial charge in [-0.3, -0.25) is 4.79 Å². The van der Waals surface area contributed by atoms with Gasteiger partial charge in [0.1, 0.15) is 0 Å². The lowest BCUT2D eigenvalue weighted by molar-refractivity contribution is -0.131. The molecule has 0 aliphatic carbocycles. The number of hydrogen-bond acceptors (Lipinski definition) is 2. The molecule has 0 aliphatic rings. The monoisotopic (exact) mass is 220 g/mol. The van der Waals surface area contributed by atoms with Crippen molar-refractivity contribution in [2.45, 2.75) is 32.9 Å². The summed E-state index contributed by atoms with van der Waals surface area (Å²) in [5, 5.41) is 0. The van der Waals surface area contributed by atoms with E-state index in [1.54, 1.807) is 11.9 Å². The molecule has 3 heteroatoms. The van der Waals surface area contributed by atoms with E-state index in [0.29, 0.717) is 13.0 Å². The smallest absolute Gasteiger partial charge is 0.239 e. The van der Waals surface area contributed by atoms with Crippen LogP contribution in [0, 0.1) is 6.92 Å². The third-order valence-electron chi connectivity index (χ3n) is 2.80. The zero-order chi connectivity index (χ0) is 12.1. The van der Waals surface area contributed by atoms with Crippen molar-refractivity contribution < 1.29 is 4.79 Å². The molecule has 0 aliphatic heterocycles. The standard InChI is InChI=1S/C13H20N2O/c1-4-12(14)13(16)15(3)9-11-8-6-5-7-10(11)2/h5-8,12H,4,9,14H2,1-3H3. The topological polar surface area (TPSA) is 46.3 Å². The van der Waals surface area contributed by atoms with Gasteiger partial charge in [0.05, 0.1) is 6.04 Å². The molecule has 0 saturated heterocycles. The Hall–Kier alpha value is -1.35. The number of aryl methyl sites for hydroxylation is 1. The van der Waals surface area contributed by atoms with E-state index in [0.717, 1.165) is 0 Å². The molecule has 2 N–H and O–H groups in total. The number of carbonyl (C=O) groups is 1. The summed E-state index contributed by atoms with van der Waals surface area (Å²) in [6.45, 7) is 4.59. The van der Waals surface area contributed by atoms with Crippen LogP contribution in [0.5, 0.6) is 0 Å². The molecule has 0 fully saturated rings. The first-order valence-electron chi connectivity index (χ1n) is 5.61. The van der Waals surface area contributed by atoms with Crippen molar-refractivity contribution in [1.29, 1.82) is 0 Å². The number of nitrogens with zero attached hydrogens (tertiary/aromatic N) is 1. The van der Waals surface area contributed by atoms with Gasteiger partial charge in [-0.05, 0) is 24.5 Å². The third-order valence-corrected chi connectivity index (χ3v) is 2.80. The quantitative estimate of drug-likeness (QED) is 0.839. The Labute approximate surface area is 97.2 Å². The summed E-state index contributed by atoms with van der Waals surface area (Å²) in [6.07, 6.45) is 0.678. The van der Waals surface area contributed by atoms with Gasteiger partial charge in [0.25, 0.3) is 0 Å². The Morgan fingerprint density at radius 3 is 2.62 bits per heavy atom. The molecule has 1 amide bonds. The van der Waals surface area contributed by atoms with Crippen molar-refractivity contribution >= 4 is 5.91 Å². The number of hydrogen-bond donors (Lipinski definition) is 1. The van der Waals surface area contributed by atoms with Crippen molar-refractivity contribution in [1.82, 2.24) is 4.90 Å². The molecule has 0 radical (unpaired) electrons. The molecule has 0 heterocycles. The Kier molecular flexibility index (Phi) is 4.50. The highest BCUT2D eigenvalue weighted by Crippen LogP contribution is 2.10. The molecular formula is C13H20N2O. The first kappa shape index (κ1) is 12.7. The van der Waals surface area contributed by atoms with E-state index >= 15 is 0 Å². The lowest BCUT2D eigenvalue weighted by Gasteiger charge is -2.21. The zero-order valence-electron chi connectivity index (χ0n) is 10.2. The summed E-state index contributed by atoms with van der Waals surface area (Å²) in [7, 11) is 1.80. The average Bonchev–Trinajstić information content (AvgIpc) is 2.30. The molecule has 16 heavy (non-hydrogen) atoms. The van der Waals surface area contributed by atoms with Crippen LogP contribution < -0.4 is 5.73 Å². The minimum Gasteiger partial charge on any atom is -0.340 e. The molecule has 0 aromatic heterocycles. The highest BCUT2D eigenvalue weighted by Gasteiger charge is 2.16. The molecule has 0 saturated carbocycles. The number of likely N-dealkylation sites (N-methyl/N-ethyl adjacent to an activating group) is 1. The third kappa shape index (κ3) is 3.07. The summed E-state index contributed by atoms with van der Waals surface area (Å²) in [6, 6.07) is 7.69. The van der Waals surface area contributed by atoms with Gasteiger partial charge in [-0.2, -0.15) is 0 Å². The van der Waals surface area contributed by atoms with Crippen LogP contribution in [0.1, 0.15) is 24.5 Å². The largest absolute Gasteiger partial charge is 0.340 e. The fraction of sp³-hybridized carbons (Fsp3) is 0.462. The Morgan fingerprint density at radius 2 is 2.06 bits per heavy atom. The highest BCUT2D eigenvalue weighted by molar-refractivity contribution is 5.81. The predicted molar refractivity (Wildman–Crippen MR) is 65.9 cm³/mol. The van der Waals surface area contributed by atoms with Gasteiger partial charge in [0.15, 0.2) is 0 Å². The van der Waals surface area contributed by atoms with Crippen molar-refractivity contribution in [3.63, 3.8) is 0 Å². The summed E-state index contributed by atoms with van der Waals surface area (Å²) in [5.74, 6) is 0.00533. The molecule has 1 aromatic rings. The second-order valence-corrected chi connectivity index (χ2v) is 4.14. The maximum Gasteiger partial charge on any atom is 0.239 e. The van der Waals surface area contributed by atoms with Crippen LogP contribution in [-0.4, -0.2) is 23.9 Å². The zero-order valence-corrected chi connectivity index (χ0v) is 10.2. The summed E-state index contributed by atoms with van der Waals surface area (Å²) < 4.78 is 0. The van der Waals surface area contributed by atoms with Gasteiger partial charge in [-0.15, -0.1) is 0 Å². The first-order valence-corrected chi connectivity index (χ1v) is 5.61. The Morgan fingerprint density at radius 1 is 1.44 bits per heavy atom. The molecule has 1 atom stereocenters. The van der Waals surface area contributed by atoms with Gasteiger partial charge in [-0.1, -0.05) is 31.2 Å². The van der Waals surface area contributed by atoms with E-state index in [2.05, 4.69) is 0 Å². The number of amides is 1. The van der Waals surface area contributed by atoms with Gasteiger partial charge >= 0.3 is 0 Å². The normalized spacial score (nSPS) is 12.2. The van der Waals surface area contributed by atoms with Crippen LogP contribution in [-0.2, 0) is 11.3 Å². The van der Waals surface area contributed by atoms with E-state index in [-0.39, 0.29) is 11.9 Å². The molecule has 1 unspecified atom stereocenters. The maximum absolute atomic E-state index is 11.8. The van der Waals surface area contributed by atoms with E-state index in [4.69, 9.17) is 5.73 Å². The van der Waals surface area contributed by atoms with Crippen LogP contribution in [0.2, 0.25) is 0 Å². The van der Waals surface area contributed by atoms with Gasteiger partial charge in [0, 0.05) is 13.6 Å². The number of carbonyl (C=O) groups excluding carboxylic acids is 1. The lowest BCUT2D eigenvalue weighted by atomic mass is 10.1. The van der Waals surface area contributed by atoms with Crippen molar-refractivity contribution in [3.05, 3.63) is 35.4 Å². The fourth-order valence-electron chi connectivity index (χ4n) is 1.58. The van der Waals surface area contributed by atoms with Gasteiger partial charge in [0.2, 0.25) is 5.91 Å². The van der Waals surface area contributed by atoms with Crippen molar-refractivity contribution in [2.24, 2.45) is 5.73 Å². The fourth-order valence-corrected chi connectivity index (χ4v) is 1.58. The predicted octanol–water partition coefficient (Wildman–Crippen LogP) is 1.69. The molecule has 0 spiro atoms. The summed E-state index contributed by atoms with van der Waals surface area (Å²) in [5.41, 5.74) is 8.09. The van der Waals surface area contributed by atoms with Gasteiger partial charge in [-0.25, -0.2) is 0 Å². The van der Waals surface area contributed by atoms with E-state index in [1.165, 1.54) is 11.1 Å². The SMILES string of the molecule is CCC(N)C(=O)N(C)Cc1ccccc1C. The van der Waals surface area contributed by atoms with Crippen LogP contribution in [0.25, 0.3) is 0 Å². The second-order valence-electron chi connectivity index (χ2n) is 4.14. The van der Waals surface area contributed by atoms with Crippen molar-refractivity contribution in [2.75, 3.05) is 7.05 Å². The van der Waals surface area contributed by atoms with E-state index < -0.39 is 0 Å². The Balaban J connectivity index is 2.68. The molecule has 0 bridgehead atoms. The van der Waals surface area contributed by atoms with E-state index in [9.17, 15) is 4.79 Å². The average molecular weight is 220 g/mol. The number of nitrogens with two attached hydrogens (primary N) is 1. The minimum absolute atomic E-state index is 0.00533. The maximum atomic E-state index is 11.8.